The Hall–Kier alpha value is -1.41. The zero-order valence-corrected chi connectivity index (χ0v) is 10.8. The van der Waals surface area contributed by atoms with Crippen LogP contribution >= 0.6 is 11.3 Å². The zero-order chi connectivity index (χ0) is 12.1. The van der Waals surface area contributed by atoms with Crippen molar-refractivity contribution >= 4 is 17.1 Å². The molecule has 88 valence electrons. The number of hydrogen-bond donors (Lipinski definition) is 0. The summed E-state index contributed by atoms with van der Waals surface area (Å²) in [6, 6.07) is 12.0. The molecule has 0 atom stereocenters. The molecule has 1 heterocycles. The standard InChI is InChI=1S/C15H16OS/c1-2-4-12-6-8-13(9-7-12)15(16)11-14-5-3-10-17-14/h3,5-10H,2,4,11H2,1H3. The first-order chi connectivity index (χ1) is 8.29. The van der Waals surface area contributed by atoms with Crippen molar-refractivity contribution in [3.8, 4) is 0 Å². The van der Waals surface area contributed by atoms with E-state index in [2.05, 4.69) is 19.1 Å². The number of carbonyl (C=O) groups is 1. The third kappa shape index (κ3) is 3.27. The molecule has 0 aliphatic carbocycles. The van der Waals surface area contributed by atoms with Crippen LogP contribution in [0.4, 0.5) is 0 Å². The molecule has 0 bridgehead atoms. The molecule has 2 heteroatoms. The highest BCUT2D eigenvalue weighted by Crippen LogP contribution is 2.14. The van der Waals surface area contributed by atoms with Crippen LogP contribution in [0.5, 0.6) is 0 Å². The second-order valence-corrected chi connectivity index (χ2v) is 5.16. The normalized spacial score (nSPS) is 10.4. The number of ketones is 1. The third-order valence-corrected chi connectivity index (χ3v) is 3.61. The predicted molar refractivity (Wildman–Crippen MR) is 72.8 cm³/mol. The maximum absolute atomic E-state index is 12.0. The Morgan fingerprint density at radius 3 is 2.53 bits per heavy atom. The average Bonchev–Trinajstić information content (AvgIpc) is 2.83. The molecule has 0 saturated heterocycles. The first-order valence-corrected chi connectivity index (χ1v) is 6.82. The Bertz CT molecular complexity index is 468. The van der Waals surface area contributed by atoms with Crippen molar-refractivity contribution in [1.29, 1.82) is 0 Å². The van der Waals surface area contributed by atoms with E-state index < -0.39 is 0 Å². The molecule has 1 aromatic carbocycles. The van der Waals surface area contributed by atoms with Gasteiger partial charge < -0.3 is 0 Å². The maximum atomic E-state index is 12.0. The molecule has 0 saturated carbocycles. The fourth-order valence-electron chi connectivity index (χ4n) is 1.82. The molecule has 0 aliphatic heterocycles. The first kappa shape index (κ1) is 12.1. The molecule has 0 fully saturated rings. The number of benzene rings is 1. The molecule has 0 amide bonds. The van der Waals surface area contributed by atoms with E-state index in [1.165, 1.54) is 5.56 Å². The maximum Gasteiger partial charge on any atom is 0.168 e. The lowest BCUT2D eigenvalue weighted by atomic mass is 10.0. The van der Waals surface area contributed by atoms with E-state index in [4.69, 9.17) is 0 Å². The van der Waals surface area contributed by atoms with Crippen LogP contribution in [-0.4, -0.2) is 5.78 Å². The highest BCUT2D eigenvalue weighted by atomic mass is 32.1. The van der Waals surface area contributed by atoms with Gasteiger partial charge in [0.2, 0.25) is 0 Å². The van der Waals surface area contributed by atoms with Crippen molar-refractivity contribution in [3.05, 3.63) is 57.8 Å². The van der Waals surface area contributed by atoms with Gasteiger partial charge in [0.15, 0.2) is 5.78 Å². The highest BCUT2D eigenvalue weighted by molar-refractivity contribution is 7.10. The van der Waals surface area contributed by atoms with Gasteiger partial charge >= 0.3 is 0 Å². The number of thiophene rings is 1. The van der Waals surface area contributed by atoms with Crippen LogP contribution in [0.1, 0.15) is 34.1 Å². The summed E-state index contributed by atoms with van der Waals surface area (Å²) in [6.07, 6.45) is 2.74. The summed E-state index contributed by atoms with van der Waals surface area (Å²) >= 11 is 1.64. The molecular formula is C15H16OS. The molecule has 0 spiro atoms. The van der Waals surface area contributed by atoms with Crippen molar-refractivity contribution in [3.63, 3.8) is 0 Å². The Morgan fingerprint density at radius 2 is 1.94 bits per heavy atom. The molecular weight excluding hydrogens is 228 g/mol. The van der Waals surface area contributed by atoms with Gasteiger partial charge in [0.05, 0.1) is 0 Å². The van der Waals surface area contributed by atoms with E-state index in [0.717, 1.165) is 23.3 Å². The van der Waals surface area contributed by atoms with Crippen LogP contribution < -0.4 is 0 Å². The Kier molecular flexibility index (Phi) is 4.10. The molecule has 1 aromatic heterocycles. The second kappa shape index (κ2) is 5.78. The fourth-order valence-corrected chi connectivity index (χ4v) is 2.52. The van der Waals surface area contributed by atoms with Gasteiger partial charge in [-0.15, -0.1) is 11.3 Å². The largest absolute Gasteiger partial charge is 0.294 e. The van der Waals surface area contributed by atoms with Crippen LogP contribution in [-0.2, 0) is 12.8 Å². The van der Waals surface area contributed by atoms with Gasteiger partial charge in [0.1, 0.15) is 0 Å². The van der Waals surface area contributed by atoms with Crippen molar-refractivity contribution < 1.29 is 4.79 Å². The third-order valence-electron chi connectivity index (χ3n) is 2.73. The molecule has 2 aromatic rings. The smallest absolute Gasteiger partial charge is 0.168 e. The Morgan fingerprint density at radius 1 is 1.18 bits per heavy atom. The number of rotatable bonds is 5. The molecule has 1 nitrogen and oxygen atoms in total. The number of Topliss-reactive ketones (excluding diaryl/α,β-unsaturated/α-hetero) is 1. The van der Waals surface area contributed by atoms with Gasteiger partial charge in [-0.05, 0) is 23.4 Å². The predicted octanol–water partition coefficient (Wildman–Crippen LogP) is 4.13. The number of hydrogen-bond acceptors (Lipinski definition) is 2. The van der Waals surface area contributed by atoms with Crippen molar-refractivity contribution in [1.82, 2.24) is 0 Å². The summed E-state index contributed by atoms with van der Waals surface area (Å²) in [7, 11) is 0. The second-order valence-electron chi connectivity index (χ2n) is 4.13. The van der Waals surface area contributed by atoms with Crippen LogP contribution in [0.3, 0.4) is 0 Å². The van der Waals surface area contributed by atoms with Gasteiger partial charge in [0, 0.05) is 16.9 Å². The molecule has 2 rings (SSSR count). The lowest BCUT2D eigenvalue weighted by Crippen LogP contribution is -2.02. The van der Waals surface area contributed by atoms with E-state index >= 15 is 0 Å². The van der Waals surface area contributed by atoms with Gasteiger partial charge in [-0.2, -0.15) is 0 Å². The van der Waals surface area contributed by atoms with Crippen molar-refractivity contribution in [2.45, 2.75) is 26.2 Å². The lowest BCUT2D eigenvalue weighted by Gasteiger charge is -2.02. The molecule has 0 radical (unpaired) electrons. The minimum Gasteiger partial charge on any atom is -0.294 e. The van der Waals surface area contributed by atoms with E-state index in [1.54, 1.807) is 11.3 Å². The van der Waals surface area contributed by atoms with E-state index in [-0.39, 0.29) is 5.78 Å². The first-order valence-electron chi connectivity index (χ1n) is 5.94. The number of aryl methyl sites for hydroxylation is 1. The Balaban J connectivity index is 2.04. The quantitative estimate of drug-likeness (QED) is 0.723. The van der Waals surface area contributed by atoms with Crippen LogP contribution in [0.15, 0.2) is 41.8 Å². The van der Waals surface area contributed by atoms with Gasteiger partial charge in [-0.1, -0.05) is 43.7 Å². The summed E-state index contributed by atoms with van der Waals surface area (Å²) in [5, 5.41) is 2.01. The average molecular weight is 244 g/mol. The van der Waals surface area contributed by atoms with Gasteiger partial charge in [0.25, 0.3) is 0 Å². The fraction of sp³-hybridized carbons (Fsp3) is 0.267. The van der Waals surface area contributed by atoms with Crippen LogP contribution in [0.25, 0.3) is 0 Å². The van der Waals surface area contributed by atoms with Crippen molar-refractivity contribution in [2.75, 3.05) is 0 Å². The van der Waals surface area contributed by atoms with E-state index in [9.17, 15) is 4.79 Å². The molecule has 0 unspecified atom stereocenters. The number of carbonyl (C=O) groups excluding carboxylic acids is 1. The van der Waals surface area contributed by atoms with E-state index in [1.807, 2.05) is 29.6 Å². The summed E-state index contributed by atoms with van der Waals surface area (Å²) in [5.74, 6) is 0.204. The SMILES string of the molecule is CCCc1ccc(C(=O)Cc2cccs2)cc1. The Labute approximate surface area is 106 Å². The minimum absolute atomic E-state index is 0.204. The summed E-state index contributed by atoms with van der Waals surface area (Å²) in [6.45, 7) is 2.16. The van der Waals surface area contributed by atoms with E-state index in [0.29, 0.717) is 6.42 Å². The van der Waals surface area contributed by atoms with Gasteiger partial charge in [-0.25, -0.2) is 0 Å². The van der Waals surface area contributed by atoms with Gasteiger partial charge in [-0.3, -0.25) is 4.79 Å². The summed E-state index contributed by atoms with van der Waals surface area (Å²) in [5.41, 5.74) is 2.12. The summed E-state index contributed by atoms with van der Waals surface area (Å²) in [4.78, 5) is 13.1. The topological polar surface area (TPSA) is 17.1 Å². The summed E-state index contributed by atoms with van der Waals surface area (Å²) < 4.78 is 0. The molecule has 17 heavy (non-hydrogen) atoms. The minimum atomic E-state index is 0.204. The van der Waals surface area contributed by atoms with Crippen LogP contribution in [0, 0.1) is 0 Å². The zero-order valence-electron chi connectivity index (χ0n) is 9.98. The monoisotopic (exact) mass is 244 g/mol. The molecule has 0 aliphatic rings. The van der Waals surface area contributed by atoms with Crippen molar-refractivity contribution in [2.24, 2.45) is 0 Å². The molecule has 0 N–H and O–H groups in total. The van der Waals surface area contributed by atoms with Crippen LogP contribution in [0.2, 0.25) is 0 Å². The lowest BCUT2D eigenvalue weighted by molar-refractivity contribution is 0.0994. The highest BCUT2D eigenvalue weighted by Gasteiger charge is 2.07.